The fraction of sp³-hybridized carbons (Fsp3) is 0.808. The lowest BCUT2D eigenvalue weighted by molar-refractivity contribution is -0.362. The van der Waals surface area contributed by atoms with E-state index in [2.05, 4.69) is 18.8 Å². The highest BCUT2D eigenvalue weighted by atomic mass is 16.8. The molecule has 1 spiro atoms. The molecule has 0 aromatic heterocycles. The van der Waals surface area contributed by atoms with Gasteiger partial charge >= 0.3 is 5.97 Å². The zero-order valence-corrected chi connectivity index (χ0v) is 45.3. The summed E-state index contributed by atoms with van der Waals surface area (Å²) < 4.78 is 41.7. The fourth-order valence-electron chi connectivity index (χ4n) is 13.6. The number of aliphatic hydroxyl groups is 19. The van der Waals surface area contributed by atoms with Crippen LogP contribution < -0.4 is 5.32 Å². The number of esters is 1. The predicted octanol–water partition coefficient (Wildman–Crippen LogP) is -2.94. The van der Waals surface area contributed by atoms with Gasteiger partial charge in [-0.05, 0) is 86.5 Å². The monoisotopic (exact) mass is 1170 g/mol. The molecule has 4 saturated carbocycles. The highest BCUT2D eigenvalue weighted by Crippen LogP contribution is 2.74. The van der Waals surface area contributed by atoms with E-state index in [4.69, 9.17) is 33.2 Å². The molecule has 29 heteroatoms. The van der Waals surface area contributed by atoms with E-state index in [0.29, 0.717) is 50.5 Å². The first-order chi connectivity index (χ1) is 38.0. The molecule has 6 fully saturated rings. The lowest BCUT2D eigenvalue weighted by Gasteiger charge is -2.64. The molecule has 464 valence electrons. The maximum Gasteiger partial charge on any atom is 0.314 e. The Morgan fingerprint density at radius 2 is 1.14 bits per heavy atom. The largest absolute Gasteiger partial charge is 0.508 e. The van der Waals surface area contributed by atoms with E-state index in [-0.39, 0.29) is 18.8 Å². The van der Waals surface area contributed by atoms with Crippen molar-refractivity contribution in [1.82, 2.24) is 5.32 Å². The molecular formula is C52H83NO28. The van der Waals surface area contributed by atoms with Gasteiger partial charge in [0.05, 0.1) is 24.2 Å². The highest BCUT2D eigenvalue weighted by Gasteiger charge is 2.69. The maximum atomic E-state index is 14.9. The maximum absolute atomic E-state index is 14.9. The van der Waals surface area contributed by atoms with Gasteiger partial charge in [0.15, 0.2) is 35.4 Å². The van der Waals surface area contributed by atoms with Crippen LogP contribution in [-0.4, -0.2) is 246 Å². The van der Waals surface area contributed by atoms with E-state index in [1.807, 2.05) is 0 Å². The van der Waals surface area contributed by atoms with Gasteiger partial charge in [0.1, 0.15) is 72.5 Å². The van der Waals surface area contributed by atoms with Crippen LogP contribution in [0.15, 0.2) is 46.6 Å². The summed E-state index contributed by atoms with van der Waals surface area (Å²) in [6, 6.07) is 0. The van der Waals surface area contributed by atoms with Crippen LogP contribution in [-0.2, 0) is 42.7 Å². The van der Waals surface area contributed by atoms with Gasteiger partial charge in [-0.15, -0.1) is 0 Å². The minimum Gasteiger partial charge on any atom is -0.508 e. The summed E-state index contributed by atoms with van der Waals surface area (Å²) in [5.41, 5.74) is -4.05. The highest BCUT2D eigenvalue weighted by molar-refractivity contribution is 5.77. The third kappa shape index (κ3) is 13.3. The summed E-state index contributed by atoms with van der Waals surface area (Å²) in [6.45, 7) is 5.49. The Morgan fingerprint density at radius 3 is 1.68 bits per heavy atom. The molecule has 0 aromatic rings. The molecule has 2 bridgehead atoms. The number of amides is 1. The van der Waals surface area contributed by atoms with Crippen molar-refractivity contribution >= 4 is 11.9 Å². The van der Waals surface area contributed by atoms with Gasteiger partial charge in [-0.1, -0.05) is 19.9 Å². The Kier molecular flexibility index (Phi) is 22.1. The Hall–Kier alpha value is -3.90. The second-order valence-corrected chi connectivity index (χ2v) is 22.7. The van der Waals surface area contributed by atoms with Crippen molar-refractivity contribution in [2.24, 2.45) is 28.1 Å². The molecule has 22 atom stereocenters. The number of hydrogen-bond donors (Lipinski definition) is 20. The predicted molar refractivity (Wildman–Crippen MR) is 270 cm³/mol. The average molecular weight is 1170 g/mol. The summed E-state index contributed by atoms with van der Waals surface area (Å²) in [7, 11) is 0. The lowest BCUT2D eigenvalue weighted by atomic mass is 9.41. The third-order valence-electron chi connectivity index (χ3n) is 17.6. The number of hydrogen-bond acceptors (Lipinski definition) is 28. The lowest BCUT2D eigenvalue weighted by Crippen LogP contribution is -2.64. The van der Waals surface area contributed by atoms with E-state index in [1.54, 1.807) is 6.92 Å². The first kappa shape index (κ1) is 66.2. The molecule has 6 aliphatic rings. The zero-order chi connectivity index (χ0) is 60.3. The van der Waals surface area contributed by atoms with E-state index in [1.165, 1.54) is 0 Å². The van der Waals surface area contributed by atoms with Crippen molar-refractivity contribution in [3.05, 3.63) is 46.6 Å². The number of aliphatic hydroxyl groups excluding tert-OH is 19. The van der Waals surface area contributed by atoms with Crippen LogP contribution in [0.25, 0.3) is 0 Å². The second-order valence-electron chi connectivity index (χ2n) is 22.7. The molecule has 20 unspecified atom stereocenters. The topological polar surface area (TPSA) is 495 Å². The van der Waals surface area contributed by atoms with Crippen LogP contribution in [0, 0.1) is 28.1 Å². The molecule has 1 amide bonds. The first-order valence-corrected chi connectivity index (χ1v) is 27.0. The smallest absolute Gasteiger partial charge is 0.314 e. The normalized spacial score (nSPS) is 39.1. The quantitative estimate of drug-likeness (QED) is 0.0143. The van der Waals surface area contributed by atoms with Crippen LogP contribution in [0.5, 0.6) is 0 Å². The second kappa shape index (κ2) is 27.0. The summed E-state index contributed by atoms with van der Waals surface area (Å²) in [5, 5.41) is 202. The Bertz CT molecular complexity index is 2280. The number of rotatable bonds is 25. The molecular weight excluding hydrogens is 1090 g/mol. The van der Waals surface area contributed by atoms with Crippen LogP contribution in [0.4, 0.5) is 0 Å². The molecule has 6 rings (SSSR count). The molecule has 2 saturated heterocycles. The van der Waals surface area contributed by atoms with Crippen molar-refractivity contribution in [2.75, 3.05) is 33.0 Å². The van der Waals surface area contributed by atoms with Gasteiger partial charge in [0, 0.05) is 46.0 Å². The van der Waals surface area contributed by atoms with Crippen LogP contribution >= 0.6 is 0 Å². The molecule has 4 aliphatic carbocycles. The summed E-state index contributed by atoms with van der Waals surface area (Å²) >= 11 is 0. The number of fused-ring (bicyclic) bond motifs is 3. The van der Waals surface area contributed by atoms with Gasteiger partial charge in [0.2, 0.25) is 31.1 Å². The van der Waals surface area contributed by atoms with Crippen LogP contribution in [0.3, 0.4) is 0 Å². The third-order valence-corrected chi connectivity index (χ3v) is 17.6. The SMILES string of the molecule is C=C1CC23CCC4C(C)(CCC[C@@]4(C)C(=O)OC4OC(CO)C(O)C(O)C4OC(O)/C(NC(C)=O)=C(\O)C(O)CCO)C2CC[C@]1(OC1OC(CO)C(O)C(OC(O)/C(O)=C(\O)C(O)CCO)C1OC(O)/C(O)=C(/O)C(O)CCO)C3. The van der Waals surface area contributed by atoms with Crippen molar-refractivity contribution in [3.8, 4) is 0 Å². The van der Waals surface area contributed by atoms with E-state index in [9.17, 15) is 107 Å². The molecule has 81 heavy (non-hydrogen) atoms. The molecule has 0 radical (unpaired) electrons. The first-order valence-electron chi connectivity index (χ1n) is 27.0. The van der Waals surface area contributed by atoms with E-state index >= 15 is 0 Å². The Morgan fingerprint density at radius 1 is 0.630 bits per heavy atom. The van der Waals surface area contributed by atoms with Crippen molar-refractivity contribution in [2.45, 2.75) is 202 Å². The summed E-state index contributed by atoms with van der Waals surface area (Å²) in [4.78, 5) is 27.0. The molecule has 2 aliphatic heterocycles. The number of ether oxygens (including phenoxy) is 7. The van der Waals surface area contributed by atoms with Gasteiger partial charge in [-0.3, -0.25) is 9.59 Å². The molecule has 29 nitrogen and oxygen atoms in total. The number of carbonyl (C=O) groups excluding carboxylic acids is 2. The van der Waals surface area contributed by atoms with Crippen molar-refractivity contribution < 1.29 is 140 Å². The zero-order valence-electron chi connectivity index (χ0n) is 45.3. The minimum absolute atomic E-state index is 0.147. The van der Waals surface area contributed by atoms with Crippen molar-refractivity contribution in [3.63, 3.8) is 0 Å². The van der Waals surface area contributed by atoms with Gasteiger partial charge in [0.25, 0.3) is 0 Å². The summed E-state index contributed by atoms with van der Waals surface area (Å²) in [6.07, 6.45) is -30.0. The van der Waals surface area contributed by atoms with Gasteiger partial charge in [-0.25, -0.2) is 0 Å². The number of nitrogens with one attached hydrogen (secondary N) is 1. The van der Waals surface area contributed by atoms with Crippen LogP contribution in [0.1, 0.15) is 97.8 Å². The molecule has 0 aromatic carbocycles. The molecule has 20 N–H and O–H groups in total. The Balaban J connectivity index is 1.29. The standard InChI is InChI=1S/C52H83NO28/c1-22-18-51-13-6-29-49(3,11-5-12-50(29,4)48(74)80-46-41(37(68)35(66)27(19-57)75-46)78-43(71)31(53-23(2)59)32(63)24(60)8-15-54)30(51)7-14-52(22,21-51)81-47-42(79-45(73)39(70)34(65)26(62)10-17-56)40(36(67)28(20-58)76-47)77-44(72)38(69)33(64)25(61)9-16-55/h24-30,35-37,40-47,54-58,60-73H,1,5-21H2,2-4H3,(H,53,59)/b32-31+,38-33+,39-34-/t24?,25?,26?,27?,28?,29?,30?,35?,36?,37?,40?,41?,42?,43?,44?,45?,46?,47?,49?,50-,51?,52+/m1/s1. The van der Waals surface area contributed by atoms with E-state index < -0.39 is 225 Å². The number of carbonyl (C=O) groups is 2. The van der Waals surface area contributed by atoms with Gasteiger partial charge < -0.3 is 135 Å². The van der Waals surface area contributed by atoms with Gasteiger partial charge in [-0.2, -0.15) is 0 Å². The average Bonchev–Trinajstić information content (AvgIpc) is 3.84. The fourth-order valence-corrected chi connectivity index (χ4v) is 13.6. The molecule has 2 heterocycles. The van der Waals surface area contributed by atoms with E-state index in [0.717, 1.165) is 6.92 Å². The van der Waals surface area contributed by atoms with Crippen LogP contribution in [0.2, 0.25) is 0 Å². The summed E-state index contributed by atoms with van der Waals surface area (Å²) in [5.74, 6) is -8.46. The minimum atomic E-state index is -2.60. The Labute approximate surface area is 465 Å². The van der Waals surface area contributed by atoms with Crippen molar-refractivity contribution in [1.29, 1.82) is 0 Å².